The number of hydrogen-bond donors (Lipinski definition) is 0. The maximum Gasteiger partial charge on any atom is 0.415 e. The molecule has 0 heterocycles. The molecule has 0 aliphatic carbocycles. The second kappa shape index (κ2) is 7.36. The Bertz CT molecular complexity index is 625. The summed E-state index contributed by atoms with van der Waals surface area (Å²) < 4.78 is 104. The first kappa shape index (κ1) is 20.2. The van der Waals surface area contributed by atoms with Crippen molar-refractivity contribution in [1.82, 2.24) is 0 Å². The van der Waals surface area contributed by atoms with Gasteiger partial charge in [-0.15, -0.1) is 0 Å². The third-order valence-electron chi connectivity index (χ3n) is 3.52. The molecule has 0 aliphatic heterocycles. The molecule has 3 nitrogen and oxygen atoms in total. The van der Waals surface area contributed by atoms with Crippen LogP contribution >= 0.6 is 0 Å². The molecule has 1 rings (SSSR count). The summed E-state index contributed by atoms with van der Waals surface area (Å²) in [6.07, 6.45) is -9.43. The largest absolute Gasteiger partial charge is 0.415 e. The molecule has 0 saturated carbocycles. The summed E-state index contributed by atoms with van der Waals surface area (Å²) in [4.78, 5) is 0. The van der Waals surface area contributed by atoms with Crippen LogP contribution < -0.4 is 0 Å². The molecule has 0 amide bonds. The summed E-state index contributed by atoms with van der Waals surface area (Å²) in [5.41, 5.74) is -3.11. The minimum absolute atomic E-state index is 0.625. The highest BCUT2D eigenvalue weighted by Gasteiger charge is 2.50. The fraction of sp³-hybridized carbons (Fsp3) is 0.500. The fourth-order valence-electron chi connectivity index (χ4n) is 2.30. The van der Waals surface area contributed by atoms with Crippen LogP contribution in [0, 0.1) is 34.6 Å². The van der Waals surface area contributed by atoms with E-state index in [1.54, 1.807) is 0 Å². The Morgan fingerprint density at radius 3 is 1.67 bits per heavy atom. The molecule has 134 valence electrons. The summed E-state index contributed by atoms with van der Waals surface area (Å²) in [7, 11) is 1.58. The lowest BCUT2D eigenvalue weighted by molar-refractivity contribution is -0.227. The topological polar surface area (TPSA) is 42.2 Å². The molecular formula is C14H12F7NO2. The Balaban J connectivity index is 3.77. The first-order valence-corrected chi connectivity index (χ1v) is 6.41. The Morgan fingerprint density at radius 2 is 1.38 bits per heavy atom. The van der Waals surface area contributed by atoms with Crippen molar-refractivity contribution in [3.8, 4) is 6.07 Å². The molecule has 0 aliphatic rings. The average Bonchev–Trinajstić information content (AvgIpc) is 2.51. The van der Waals surface area contributed by atoms with Crippen LogP contribution in [0.5, 0.6) is 0 Å². The number of hydrogen-bond acceptors (Lipinski definition) is 3. The van der Waals surface area contributed by atoms with Crippen LogP contribution in [0.15, 0.2) is 0 Å². The van der Waals surface area contributed by atoms with Crippen molar-refractivity contribution in [2.45, 2.75) is 31.2 Å². The normalized spacial score (nSPS) is 15.7. The van der Waals surface area contributed by atoms with Crippen LogP contribution in [0.25, 0.3) is 0 Å². The zero-order chi connectivity index (χ0) is 18.8. The van der Waals surface area contributed by atoms with Gasteiger partial charge in [-0.2, -0.15) is 18.4 Å². The van der Waals surface area contributed by atoms with E-state index < -0.39 is 58.7 Å². The lowest BCUT2D eigenvalue weighted by Gasteiger charge is -2.32. The smallest absolute Gasteiger partial charge is 0.381 e. The van der Waals surface area contributed by atoms with E-state index in [9.17, 15) is 30.7 Å². The third-order valence-corrected chi connectivity index (χ3v) is 3.52. The molecule has 3 atom stereocenters. The Labute approximate surface area is 132 Å². The quantitative estimate of drug-likeness (QED) is 0.593. The van der Waals surface area contributed by atoms with Crippen LogP contribution in [-0.2, 0) is 9.47 Å². The van der Waals surface area contributed by atoms with Crippen LogP contribution in [0.4, 0.5) is 30.7 Å². The van der Waals surface area contributed by atoms with E-state index in [1.807, 2.05) is 0 Å². The number of alkyl halides is 3. The first-order chi connectivity index (χ1) is 11.0. The van der Waals surface area contributed by atoms with Gasteiger partial charge in [-0.25, -0.2) is 17.6 Å². The molecule has 0 fully saturated rings. The highest BCUT2D eigenvalue weighted by molar-refractivity contribution is 5.40. The molecule has 0 N–H and O–H groups in total. The van der Waals surface area contributed by atoms with Gasteiger partial charge in [-0.05, 0) is 6.92 Å². The lowest BCUT2D eigenvalue weighted by atomic mass is 9.86. The fourth-order valence-corrected chi connectivity index (χ4v) is 2.30. The van der Waals surface area contributed by atoms with Crippen molar-refractivity contribution in [2.75, 3.05) is 14.2 Å². The van der Waals surface area contributed by atoms with Crippen LogP contribution in [0.1, 0.15) is 24.0 Å². The number of benzene rings is 1. The zero-order valence-corrected chi connectivity index (χ0v) is 12.6. The predicted molar refractivity (Wildman–Crippen MR) is 67.1 cm³/mol. The SMILES string of the molecule is COC(C)C(c1c(F)c(F)c(C#N)c(F)c1F)C(OC)C(F)(F)F. The van der Waals surface area contributed by atoms with Crippen molar-refractivity contribution in [1.29, 1.82) is 5.26 Å². The lowest BCUT2D eigenvalue weighted by Crippen LogP contribution is -2.42. The van der Waals surface area contributed by atoms with Crippen LogP contribution in [0.3, 0.4) is 0 Å². The second-order valence-electron chi connectivity index (χ2n) is 4.82. The van der Waals surface area contributed by atoms with Gasteiger partial charge in [0.1, 0.15) is 11.6 Å². The van der Waals surface area contributed by atoms with Crippen molar-refractivity contribution in [2.24, 2.45) is 0 Å². The Hall–Kier alpha value is -1.86. The van der Waals surface area contributed by atoms with Crippen LogP contribution in [-0.4, -0.2) is 32.6 Å². The van der Waals surface area contributed by atoms with Crippen molar-refractivity contribution >= 4 is 0 Å². The van der Waals surface area contributed by atoms with Gasteiger partial charge in [-0.1, -0.05) is 0 Å². The molecule has 0 saturated heterocycles. The van der Waals surface area contributed by atoms with Gasteiger partial charge < -0.3 is 9.47 Å². The number of nitrogens with zero attached hydrogens (tertiary/aromatic N) is 1. The summed E-state index contributed by atoms with van der Waals surface area (Å²) in [6.45, 7) is 1.02. The van der Waals surface area contributed by atoms with Gasteiger partial charge >= 0.3 is 6.18 Å². The van der Waals surface area contributed by atoms with E-state index in [4.69, 9.17) is 5.26 Å². The number of methoxy groups -OCH3 is 2. The molecule has 3 unspecified atom stereocenters. The summed E-state index contributed by atoms with van der Waals surface area (Å²) in [6, 6.07) is 0.913. The Kier molecular flexibility index (Phi) is 6.19. The van der Waals surface area contributed by atoms with E-state index in [0.717, 1.165) is 20.1 Å². The monoisotopic (exact) mass is 359 g/mol. The van der Waals surface area contributed by atoms with Gasteiger partial charge in [0.25, 0.3) is 0 Å². The number of nitriles is 1. The Morgan fingerprint density at radius 1 is 0.917 bits per heavy atom. The number of ether oxygens (including phenoxy) is 2. The van der Waals surface area contributed by atoms with E-state index in [1.165, 1.54) is 0 Å². The van der Waals surface area contributed by atoms with Crippen molar-refractivity contribution in [3.05, 3.63) is 34.4 Å². The van der Waals surface area contributed by atoms with Gasteiger partial charge in [-0.3, -0.25) is 0 Å². The standard InChI is InChI=1S/C14H12F7NO2/c1-5(23-2)7(13(24-3)14(19,20)21)8-11(17)9(15)6(4-22)10(16)12(8)18/h5,7,13H,1-3H3. The van der Waals surface area contributed by atoms with Gasteiger partial charge in [0.2, 0.25) is 0 Å². The highest BCUT2D eigenvalue weighted by Crippen LogP contribution is 2.40. The second-order valence-corrected chi connectivity index (χ2v) is 4.82. The molecule has 1 aromatic carbocycles. The van der Waals surface area contributed by atoms with Crippen molar-refractivity contribution < 1.29 is 40.2 Å². The maximum absolute atomic E-state index is 14.1. The number of halogens is 7. The minimum atomic E-state index is -5.11. The van der Waals surface area contributed by atoms with E-state index in [-0.39, 0.29) is 0 Å². The maximum atomic E-state index is 14.1. The van der Waals surface area contributed by atoms with Gasteiger partial charge in [0.15, 0.2) is 29.4 Å². The molecule has 0 spiro atoms. The highest BCUT2D eigenvalue weighted by atomic mass is 19.4. The van der Waals surface area contributed by atoms with E-state index >= 15 is 0 Å². The van der Waals surface area contributed by atoms with Crippen molar-refractivity contribution in [3.63, 3.8) is 0 Å². The van der Waals surface area contributed by atoms with E-state index in [0.29, 0.717) is 7.11 Å². The van der Waals surface area contributed by atoms with Gasteiger partial charge in [0, 0.05) is 19.8 Å². The molecular weight excluding hydrogens is 347 g/mol. The molecule has 0 radical (unpaired) electrons. The molecule has 1 aromatic rings. The third kappa shape index (κ3) is 3.47. The zero-order valence-electron chi connectivity index (χ0n) is 12.6. The molecule has 10 heteroatoms. The summed E-state index contributed by atoms with van der Waals surface area (Å²) in [5.74, 6) is -10.6. The van der Waals surface area contributed by atoms with Gasteiger partial charge in [0.05, 0.1) is 12.0 Å². The minimum Gasteiger partial charge on any atom is -0.381 e. The van der Waals surface area contributed by atoms with Crippen LogP contribution in [0.2, 0.25) is 0 Å². The predicted octanol–water partition coefficient (Wildman–Crippen LogP) is 3.81. The summed E-state index contributed by atoms with van der Waals surface area (Å²) >= 11 is 0. The number of rotatable bonds is 5. The molecule has 0 bridgehead atoms. The van der Waals surface area contributed by atoms with E-state index in [2.05, 4.69) is 9.47 Å². The summed E-state index contributed by atoms with van der Waals surface area (Å²) in [5, 5.41) is 8.52. The molecule has 24 heavy (non-hydrogen) atoms. The average molecular weight is 359 g/mol. The first-order valence-electron chi connectivity index (χ1n) is 6.41. The molecule has 0 aromatic heterocycles.